The second-order valence-electron chi connectivity index (χ2n) is 16.8. The number of para-hydroxylation sites is 1. The predicted octanol–water partition coefficient (Wildman–Crippen LogP) is 15.0. The molecule has 12 rings (SSSR count). The van der Waals surface area contributed by atoms with Gasteiger partial charge in [-0.05, 0) is 118 Å². The molecule has 0 saturated carbocycles. The van der Waals surface area contributed by atoms with Crippen LogP contribution in [0.3, 0.4) is 0 Å². The average Bonchev–Trinajstić information content (AvgIpc) is 3.80. The lowest BCUT2D eigenvalue weighted by Crippen LogP contribution is -2.16. The molecule has 1 heteroatoms. The smallest absolute Gasteiger partial charge is 0.143 e. The van der Waals surface area contributed by atoms with Crippen LogP contribution >= 0.6 is 0 Å². The number of hydrogen-bond acceptors (Lipinski definition) is 1. The Kier molecular flexibility index (Phi) is 5.98. The highest BCUT2D eigenvalue weighted by Crippen LogP contribution is 2.58. The molecule has 0 atom stereocenters. The topological polar surface area (TPSA) is 13.1 Å². The third-order valence-electron chi connectivity index (χ3n) is 13.2. The Hall–Kier alpha value is -6.44. The van der Waals surface area contributed by atoms with Crippen molar-refractivity contribution in [1.29, 1.82) is 0 Å². The zero-order chi connectivity index (χ0) is 36.8. The monoisotopic (exact) mass is 702 g/mol. The molecule has 1 aromatic heterocycles. The van der Waals surface area contributed by atoms with Crippen LogP contribution in [0.15, 0.2) is 162 Å². The van der Waals surface area contributed by atoms with Crippen LogP contribution in [0, 0.1) is 0 Å². The molecule has 0 bridgehead atoms. The van der Waals surface area contributed by atoms with Crippen molar-refractivity contribution in [3.63, 3.8) is 0 Å². The molecule has 0 radical (unpaired) electrons. The molecule has 55 heavy (non-hydrogen) atoms. The van der Waals surface area contributed by atoms with E-state index in [9.17, 15) is 0 Å². The first-order valence-electron chi connectivity index (χ1n) is 19.5. The maximum atomic E-state index is 6.78. The minimum absolute atomic E-state index is 0.0372. The van der Waals surface area contributed by atoms with Crippen molar-refractivity contribution in [3.05, 3.63) is 180 Å². The summed E-state index contributed by atoms with van der Waals surface area (Å²) in [7, 11) is 0. The molecule has 0 saturated heterocycles. The van der Waals surface area contributed by atoms with Gasteiger partial charge in [-0.3, -0.25) is 0 Å². The fourth-order valence-electron chi connectivity index (χ4n) is 10.8. The van der Waals surface area contributed by atoms with E-state index in [-0.39, 0.29) is 10.8 Å². The summed E-state index contributed by atoms with van der Waals surface area (Å²) in [6.45, 7) is 9.54. The van der Waals surface area contributed by atoms with Crippen LogP contribution in [-0.2, 0) is 10.8 Å². The number of furan rings is 1. The van der Waals surface area contributed by atoms with E-state index in [0.29, 0.717) is 0 Å². The number of rotatable bonds is 2. The minimum Gasteiger partial charge on any atom is -0.455 e. The molecule has 1 nitrogen and oxygen atoms in total. The van der Waals surface area contributed by atoms with Gasteiger partial charge in [0.1, 0.15) is 11.2 Å². The van der Waals surface area contributed by atoms with E-state index in [4.69, 9.17) is 4.42 Å². The molecule has 0 N–H and O–H groups in total. The van der Waals surface area contributed by atoms with E-state index in [0.717, 1.165) is 27.3 Å². The van der Waals surface area contributed by atoms with Gasteiger partial charge in [-0.1, -0.05) is 161 Å². The van der Waals surface area contributed by atoms with Crippen molar-refractivity contribution in [3.8, 4) is 44.5 Å². The molecule has 1 heterocycles. The Balaban J connectivity index is 1.23. The van der Waals surface area contributed by atoms with Gasteiger partial charge in [-0.2, -0.15) is 0 Å². The summed E-state index contributed by atoms with van der Waals surface area (Å²) in [5.74, 6) is 0. The van der Waals surface area contributed by atoms with Gasteiger partial charge < -0.3 is 4.42 Å². The Morgan fingerprint density at radius 1 is 0.345 bits per heavy atom. The van der Waals surface area contributed by atoms with Crippen LogP contribution < -0.4 is 0 Å². The van der Waals surface area contributed by atoms with Gasteiger partial charge in [-0.25, -0.2) is 0 Å². The Labute approximate surface area is 320 Å². The Morgan fingerprint density at radius 2 is 0.873 bits per heavy atom. The van der Waals surface area contributed by atoms with Crippen molar-refractivity contribution in [2.45, 2.75) is 38.5 Å². The van der Waals surface area contributed by atoms with Gasteiger partial charge in [-0.15, -0.1) is 0 Å². The summed E-state index contributed by atoms with van der Waals surface area (Å²) in [5.41, 5.74) is 17.6. The van der Waals surface area contributed by atoms with Crippen LogP contribution in [0.4, 0.5) is 0 Å². The second kappa shape index (κ2) is 10.6. The lowest BCUT2D eigenvalue weighted by atomic mass is 9.75. The zero-order valence-corrected chi connectivity index (χ0v) is 31.4. The summed E-state index contributed by atoms with van der Waals surface area (Å²) in [4.78, 5) is 0. The first-order chi connectivity index (χ1) is 26.8. The van der Waals surface area contributed by atoms with E-state index in [1.807, 2.05) is 0 Å². The zero-order valence-electron chi connectivity index (χ0n) is 31.4. The van der Waals surface area contributed by atoms with Gasteiger partial charge in [0.25, 0.3) is 0 Å². The predicted molar refractivity (Wildman–Crippen MR) is 232 cm³/mol. The van der Waals surface area contributed by atoms with Crippen LogP contribution in [0.5, 0.6) is 0 Å². The number of benzene rings is 9. The van der Waals surface area contributed by atoms with Gasteiger partial charge in [0.2, 0.25) is 0 Å². The van der Waals surface area contributed by atoms with E-state index in [1.165, 1.54) is 93.7 Å². The molecule has 0 fully saturated rings. The number of hydrogen-bond donors (Lipinski definition) is 0. The first-order valence-corrected chi connectivity index (χ1v) is 19.5. The Morgan fingerprint density at radius 3 is 1.58 bits per heavy atom. The minimum atomic E-state index is -0.223. The highest BCUT2D eigenvalue weighted by atomic mass is 16.3. The molecule has 0 unspecified atom stereocenters. The van der Waals surface area contributed by atoms with Gasteiger partial charge in [0, 0.05) is 27.0 Å². The molecular formula is C54H38O. The molecule has 0 aliphatic heterocycles. The highest BCUT2D eigenvalue weighted by Gasteiger charge is 2.40. The van der Waals surface area contributed by atoms with Gasteiger partial charge in [0.05, 0.1) is 0 Å². The summed E-state index contributed by atoms with van der Waals surface area (Å²) >= 11 is 0. The fraction of sp³-hybridized carbons (Fsp3) is 0.111. The van der Waals surface area contributed by atoms with E-state index in [1.54, 1.807) is 0 Å². The van der Waals surface area contributed by atoms with Crippen LogP contribution in [0.25, 0.3) is 98.8 Å². The largest absolute Gasteiger partial charge is 0.455 e. The molecule has 10 aromatic rings. The highest BCUT2D eigenvalue weighted by molar-refractivity contribution is 6.25. The number of fused-ring (bicyclic) bond motifs is 14. The molecule has 0 spiro atoms. The van der Waals surface area contributed by atoms with E-state index < -0.39 is 0 Å². The van der Waals surface area contributed by atoms with Gasteiger partial charge >= 0.3 is 0 Å². The maximum Gasteiger partial charge on any atom is 0.143 e. The quantitative estimate of drug-likeness (QED) is 0.163. The third-order valence-corrected chi connectivity index (χ3v) is 13.2. The van der Waals surface area contributed by atoms with Crippen LogP contribution in [0.1, 0.15) is 49.9 Å². The molecular weight excluding hydrogens is 665 g/mol. The van der Waals surface area contributed by atoms with E-state index in [2.05, 4.69) is 185 Å². The molecule has 0 amide bonds. The maximum absolute atomic E-state index is 6.78. The summed E-state index contributed by atoms with van der Waals surface area (Å²) in [5, 5.41) is 9.79. The van der Waals surface area contributed by atoms with E-state index >= 15 is 0 Å². The Bertz CT molecular complexity index is 3260. The van der Waals surface area contributed by atoms with Crippen molar-refractivity contribution in [2.24, 2.45) is 0 Å². The fourth-order valence-corrected chi connectivity index (χ4v) is 10.8. The molecule has 9 aromatic carbocycles. The van der Waals surface area contributed by atoms with Crippen molar-refractivity contribution in [1.82, 2.24) is 0 Å². The third kappa shape index (κ3) is 3.93. The van der Waals surface area contributed by atoms with Crippen molar-refractivity contribution < 1.29 is 4.42 Å². The SMILES string of the molecule is CC1(C)c2ccccc2-c2cc(-c3c4ccccc4c(-c4cc5c(ccc6c7ccccc7oc56)c5c4C(C)(C)c4ccccc4-5)c4ccccc34)ccc21. The normalized spacial score (nSPS) is 14.8. The van der Waals surface area contributed by atoms with Crippen LogP contribution in [-0.4, -0.2) is 0 Å². The van der Waals surface area contributed by atoms with Crippen molar-refractivity contribution >= 4 is 54.3 Å². The summed E-state index contributed by atoms with van der Waals surface area (Å²) in [6, 6.07) is 58.9. The summed E-state index contributed by atoms with van der Waals surface area (Å²) in [6.07, 6.45) is 0. The molecule has 2 aliphatic carbocycles. The molecule has 2 aliphatic rings. The van der Waals surface area contributed by atoms with Crippen LogP contribution in [0.2, 0.25) is 0 Å². The summed E-state index contributed by atoms with van der Waals surface area (Å²) < 4.78 is 6.78. The molecule has 260 valence electrons. The lowest BCUT2D eigenvalue weighted by molar-refractivity contribution is 0.660. The van der Waals surface area contributed by atoms with Gasteiger partial charge in [0.15, 0.2) is 0 Å². The lowest BCUT2D eigenvalue weighted by Gasteiger charge is -2.27. The second-order valence-corrected chi connectivity index (χ2v) is 16.8. The van der Waals surface area contributed by atoms with Crippen molar-refractivity contribution in [2.75, 3.05) is 0 Å². The first kappa shape index (κ1) is 31.0. The average molecular weight is 703 g/mol. The standard InChI is InChI=1S/C54H38O/c1-53(2)44-22-12-9-15-32(44)41-29-31(25-28-46(41)53)48-34-17-5-7-19-36(34)49(37-20-8-6-18-35(37)48)43-30-42-38(26-27-39-33-16-11-14-24-47(33)55-52(39)42)50-40-21-10-13-23-45(40)54(3,4)51(43)50/h5-30H,1-4H3.